The molecule has 0 aromatic heterocycles. The van der Waals surface area contributed by atoms with Gasteiger partial charge in [-0.25, -0.2) is 0 Å². The minimum absolute atomic E-state index is 0.0744. The second-order valence-corrected chi connectivity index (χ2v) is 3.85. The highest BCUT2D eigenvalue weighted by molar-refractivity contribution is 4.78. The zero-order valence-corrected chi connectivity index (χ0v) is 7.82. The first-order valence-corrected chi connectivity index (χ1v) is 4.80. The molecule has 0 bridgehead atoms. The summed E-state index contributed by atoms with van der Waals surface area (Å²) in [5.74, 6) is 0. The maximum Gasteiger partial charge on any atom is 0.389 e. The van der Waals surface area contributed by atoms with Crippen molar-refractivity contribution >= 4 is 0 Å². The van der Waals surface area contributed by atoms with E-state index in [1.54, 1.807) is 0 Å². The zero-order chi connectivity index (χ0) is 9.90. The minimum atomic E-state index is -4.00. The van der Waals surface area contributed by atoms with Crippen molar-refractivity contribution in [3.05, 3.63) is 0 Å². The molecule has 78 valence electrons. The molecule has 1 rings (SSSR count). The molecule has 0 aromatic rings. The number of rotatable bonds is 2. The molecule has 0 aromatic carbocycles. The predicted molar refractivity (Wildman–Crippen MR) is 45.5 cm³/mol. The molecular weight excluding hydrogens is 179 g/mol. The fourth-order valence-electron chi connectivity index (χ4n) is 1.81. The van der Waals surface area contributed by atoms with Crippen LogP contribution in [-0.4, -0.2) is 18.3 Å². The third-order valence-corrected chi connectivity index (χ3v) is 2.49. The molecule has 0 spiro atoms. The van der Waals surface area contributed by atoms with Crippen molar-refractivity contribution in [1.82, 2.24) is 5.32 Å². The molecule has 2 unspecified atom stereocenters. The molecule has 0 amide bonds. The molecule has 1 saturated heterocycles. The van der Waals surface area contributed by atoms with Crippen molar-refractivity contribution in [3.63, 3.8) is 0 Å². The van der Waals surface area contributed by atoms with Crippen LogP contribution in [0.15, 0.2) is 0 Å². The third-order valence-electron chi connectivity index (χ3n) is 2.49. The number of nitrogens with one attached hydrogen (secondary N) is 1. The molecule has 13 heavy (non-hydrogen) atoms. The lowest BCUT2D eigenvalue weighted by molar-refractivity contribution is -0.137. The lowest BCUT2D eigenvalue weighted by Gasteiger charge is -2.29. The van der Waals surface area contributed by atoms with Gasteiger partial charge < -0.3 is 5.32 Å². The Morgan fingerprint density at radius 3 is 2.54 bits per heavy atom. The van der Waals surface area contributed by atoms with Crippen LogP contribution in [0.25, 0.3) is 0 Å². The average Bonchev–Trinajstić information content (AvgIpc) is 2.00. The molecular formula is C9H16F3N. The molecule has 1 aliphatic rings. The van der Waals surface area contributed by atoms with E-state index < -0.39 is 12.6 Å². The predicted octanol–water partition coefficient (Wildman–Crippen LogP) is 2.86. The highest BCUT2D eigenvalue weighted by Gasteiger charge is 2.29. The maximum absolute atomic E-state index is 11.9. The number of halogens is 3. The smallest absolute Gasteiger partial charge is 0.312 e. The minimum Gasteiger partial charge on any atom is -0.312 e. The van der Waals surface area contributed by atoms with Gasteiger partial charge in [-0.1, -0.05) is 6.42 Å². The van der Waals surface area contributed by atoms with Gasteiger partial charge in [0, 0.05) is 18.5 Å². The van der Waals surface area contributed by atoms with Gasteiger partial charge in [0.15, 0.2) is 0 Å². The summed E-state index contributed by atoms with van der Waals surface area (Å²) in [5.41, 5.74) is 0. The summed E-state index contributed by atoms with van der Waals surface area (Å²) < 4.78 is 35.6. The van der Waals surface area contributed by atoms with Crippen LogP contribution in [0.5, 0.6) is 0 Å². The highest BCUT2D eigenvalue weighted by Crippen LogP contribution is 2.25. The van der Waals surface area contributed by atoms with Gasteiger partial charge in [0.25, 0.3) is 0 Å². The van der Waals surface area contributed by atoms with E-state index in [4.69, 9.17) is 0 Å². The summed E-state index contributed by atoms with van der Waals surface area (Å²) in [6.45, 7) is 2.03. The van der Waals surface area contributed by atoms with E-state index in [0.29, 0.717) is 6.04 Å². The topological polar surface area (TPSA) is 12.0 Å². The van der Waals surface area contributed by atoms with Crippen molar-refractivity contribution in [2.45, 2.75) is 57.3 Å². The lowest BCUT2D eigenvalue weighted by Crippen LogP contribution is -2.40. The Bertz CT molecular complexity index is 155. The van der Waals surface area contributed by atoms with Crippen LogP contribution in [-0.2, 0) is 0 Å². The Hall–Kier alpha value is -0.250. The largest absolute Gasteiger partial charge is 0.389 e. The highest BCUT2D eigenvalue weighted by atomic mass is 19.4. The first-order chi connectivity index (χ1) is 5.97. The van der Waals surface area contributed by atoms with Crippen molar-refractivity contribution in [2.75, 3.05) is 0 Å². The van der Waals surface area contributed by atoms with Crippen molar-refractivity contribution < 1.29 is 13.2 Å². The van der Waals surface area contributed by atoms with E-state index in [-0.39, 0.29) is 12.5 Å². The van der Waals surface area contributed by atoms with Crippen LogP contribution in [0.2, 0.25) is 0 Å². The van der Waals surface area contributed by atoms with Gasteiger partial charge in [0.05, 0.1) is 0 Å². The van der Waals surface area contributed by atoms with Gasteiger partial charge >= 0.3 is 6.18 Å². The van der Waals surface area contributed by atoms with Crippen LogP contribution < -0.4 is 5.32 Å². The van der Waals surface area contributed by atoms with E-state index in [1.807, 2.05) is 6.92 Å². The molecule has 1 fully saturated rings. The number of hydrogen-bond donors (Lipinski definition) is 1. The fourth-order valence-corrected chi connectivity index (χ4v) is 1.81. The molecule has 0 saturated carbocycles. The van der Waals surface area contributed by atoms with Gasteiger partial charge in [0.2, 0.25) is 0 Å². The molecule has 4 heteroatoms. The van der Waals surface area contributed by atoms with Crippen LogP contribution in [0.4, 0.5) is 13.2 Å². The molecule has 1 heterocycles. The Morgan fingerprint density at radius 1 is 1.31 bits per heavy atom. The van der Waals surface area contributed by atoms with Crippen LogP contribution in [0, 0.1) is 0 Å². The lowest BCUT2D eigenvalue weighted by atomic mass is 9.96. The quantitative estimate of drug-likeness (QED) is 0.714. The molecule has 1 nitrogen and oxygen atoms in total. The van der Waals surface area contributed by atoms with Gasteiger partial charge in [-0.3, -0.25) is 0 Å². The van der Waals surface area contributed by atoms with Crippen molar-refractivity contribution in [2.24, 2.45) is 0 Å². The Kier molecular flexibility index (Phi) is 3.59. The number of hydrogen-bond acceptors (Lipinski definition) is 1. The summed E-state index contributed by atoms with van der Waals surface area (Å²) in [6.07, 6.45) is -1.40. The standard InChI is InChI=1S/C9H16F3N/c1-7-3-2-4-8(13-7)5-6-9(10,11)12/h7-8,13H,2-6H2,1H3. The summed E-state index contributed by atoms with van der Waals surface area (Å²) in [7, 11) is 0. The van der Waals surface area contributed by atoms with Crippen LogP contribution >= 0.6 is 0 Å². The SMILES string of the molecule is CC1CCCC(CCC(F)(F)F)N1. The third kappa shape index (κ3) is 4.50. The summed E-state index contributed by atoms with van der Waals surface area (Å²) in [5, 5.41) is 3.19. The Labute approximate surface area is 76.7 Å². The fraction of sp³-hybridized carbons (Fsp3) is 1.00. The monoisotopic (exact) mass is 195 g/mol. The molecule has 0 radical (unpaired) electrons. The first kappa shape index (κ1) is 10.8. The molecule has 1 aliphatic heterocycles. The molecule has 0 aliphatic carbocycles. The summed E-state index contributed by atoms with van der Waals surface area (Å²) in [6, 6.07) is 0.456. The van der Waals surface area contributed by atoms with E-state index >= 15 is 0 Å². The average molecular weight is 195 g/mol. The zero-order valence-electron chi connectivity index (χ0n) is 7.82. The normalized spacial score (nSPS) is 30.5. The van der Waals surface area contributed by atoms with Gasteiger partial charge in [-0.05, 0) is 26.2 Å². The van der Waals surface area contributed by atoms with Gasteiger partial charge in [-0.2, -0.15) is 13.2 Å². The van der Waals surface area contributed by atoms with Gasteiger partial charge in [-0.15, -0.1) is 0 Å². The summed E-state index contributed by atoms with van der Waals surface area (Å²) in [4.78, 5) is 0. The van der Waals surface area contributed by atoms with E-state index in [9.17, 15) is 13.2 Å². The maximum atomic E-state index is 11.9. The molecule has 2 atom stereocenters. The second-order valence-electron chi connectivity index (χ2n) is 3.85. The van der Waals surface area contributed by atoms with E-state index in [2.05, 4.69) is 5.32 Å². The second kappa shape index (κ2) is 4.31. The van der Waals surface area contributed by atoms with Crippen LogP contribution in [0.1, 0.15) is 39.0 Å². The van der Waals surface area contributed by atoms with E-state index in [1.165, 1.54) is 0 Å². The Balaban J connectivity index is 2.21. The number of piperidine rings is 1. The van der Waals surface area contributed by atoms with Crippen molar-refractivity contribution in [1.29, 1.82) is 0 Å². The van der Waals surface area contributed by atoms with Crippen LogP contribution in [0.3, 0.4) is 0 Å². The van der Waals surface area contributed by atoms with E-state index in [0.717, 1.165) is 19.3 Å². The first-order valence-electron chi connectivity index (χ1n) is 4.80. The summed E-state index contributed by atoms with van der Waals surface area (Å²) >= 11 is 0. The molecule has 1 N–H and O–H groups in total. The Morgan fingerprint density at radius 2 is 2.00 bits per heavy atom. The number of alkyl halides is 3. The van der Waals surface area contributed by atoms with Gasteiger partial charge in [0.1, 0.15) is 0 Å². The van der Waals surface area contributed by atoms with Crippen molar-refractivity contribution in [3.8, 4) is 0 Å².